The molecule has 5 nitrogen and oxygen atoms in total. The second-order valence-corrected chi connectivity index (χ2v) is 2.80. The minimum atomic E-state index is -0.713. The van der Waals surface area contributed by atoms with Gasteiger partial charge in [-0.05, 0) is 19.4 Å². The van der Waals surface area contributed by atoms with E-state index >= 15 is 0 Å². The van der Waals surface area contributed by atoms with E-state index in [0.717, 1.165) is 12.8 Å². The third kappa shape index (κ3) is 12.5. The molecule has 0 rings (SSSR count). The van der Waals surface area contributed by atoms with E-state index in [0.29, 0.717) is 13.0 Å². The molecule has 0 aliphatic carbocycles. The fourth-order valence-electron chi connectivity index (χ4n) is 0.844. The number of rotatable bonds is 5. The van der Waals surface area contributed by atoms with E-state index in [1.807, 2.05) is 0 Å². The summed E-state index contributed by atoms with van der Waals surface area (Å²) in [6.07, 6.45) is 2.09. The van der Waals surface area contributed by atoms with Crippen molar-refractivity contribution < 1.29 is 14.3 Å². The molecule has 0 spiro atoms. The average Bonchev–Trinajstić information content (AvgIpc) is 2.03. The van der Waals surface area contributed by atoms with E-state index in [2.05, 4.69) is 4.74 Å². The van der Waals surface area contributed by atoms with Gasteiger partial charge in [0.05, 0.1) is 0 Å². The Morgan fingerprint density at radius 3 is 2.27 bits per heavy atom. The SMILES string of the molecule is CC(=O)OC(=O)[C@@H](N)CCCCN.Cl.[CaH2]. The molecule has 88 valence electrons. The van der Waals surface area contributed by atoms with Crippen LogP contribution in [0.2, 0.25) is 0 Å². The van der Waals surface area contributed by atoms with Gasteiger partial charge in [-0.2, -0.15) is 0 Å². The van der Waals surface area contributed by atoms with Gasteiger partial charge in [-0.25, -0.2) is 4.79 Å². The minimum absolute atomic E-state index is 0. The number of nitrogens with two attached hydrogens (primary N) is 2. The Morgan fingerprint density at radius 2 is 1.87 bits per heavy atom. The van der Waals surface area contributed by atoms with Crippen molar-refractivity contribution in [1.82, 2.24) is 0 Å². The molecule has 0 aromatic rings. The van der Waals surface area contributed by atoms with Crippen molar-refractivity contribution in [3.63, 3.8) is 0 Å². The Bertz CT molecular complexity index is 193. The van der Waals surface area contributed by atoms with Crippen LogP contribution in [0.3, 0.4) is 0 Å². The second kappa shape index (κ2) is 12.7. The number of unbranched alkanes of at least 4 members (excludes halogenated alkanes) is 1. The Morgan fingerprint density at radius 1 is 1.33 bits per heavy atom. The second-order valence-electron chi connectivity index (χ2n) is 2.80. The van der Waals surface area contributed by atoms with Crippen LogP contribution >= 0.6 is 12.4 Å². The summed E-state index contributed by atoms with van der Waals surface area (Å²) in [5, 5.41) is 0. The first-order valence-corrected chi connectivity index (χ1v) is 4.26. The van der Waals surface area contributed by atoms with Crippen molar-refractivity contribution in [3.05, 3.63) is 0 Å². The molecule has 0 amide bonds. The average molecular weight is 267 g/mol. The van der Waals surface area contributed by atoms with E-state index < -0.39 is 18.0 Å². The Kier molecular flexibility index (Phi) is 17.7. The quantitative estimate of drug-likeness (QED) is 0.289. The number of halogens is 1. The molecule has 0 unspecified atom stereocenters. The van der Waals surface area contributed by atoms with Crippen molar-refractivity contribution in [1.29, 1.82) is 0 Å². The van der Waals surface area contributed by atoms with Crippen molar-refractivity contribution in [2.75, 3.05) is 6.54 Å². The molecule has 0 saturated carbocycles. The van der Waals surface area contributed by atoms with Crippen molar-refractivity contribution in [3.8, 4) is 0 Å². The maximum atomic E-state index is 10.9. The zero-order chi connectivity index (χ0) is 10.3. The van der Waals surface area contributed by atoms with Crippen LogP contribution in [0.1, 0.15) is 26.2 Å². The van der Waals surface area contributed by atoms with Crippen LogP contribution in [0.15, 0.2) is 0 Å². The first-order valence-electron chi connectivity index (χ1n) is 4.26. The summed E-state index contributed by atoms with van der Waals surface area (Å²) in [5.41, 5.74) is 10.7. The summed E-state index contributed by atoms with van der Waals surface area (Å²) in [7, 11) is 0. The van der Waals surface area contributed by atoms with Crippen LogP contribution in [0.4, 0.5) is 0 Å². The van der Waals surface area contributed by atoms with Gasteiger partial charge < -0.3 is 16.2 Å². The number of carbonyl (C=O) groups excluding carboxylic acids is 2. The predicted molar refractivity (Wildman–Crippen MR) is 63.4 cm³/mol. The fraction of sp³-hybridized carbons (Fsp3) is 0.750. The standard InChI is InChI=1S/C8H16N2O3.Ca.ClH.2H/c1-6(11)13-8(12)7(10)4-2-3-5-9;;;;/h7H,2-5,9-10H2,1H3;;1H;;/t7-;;;;/m0..../s1. The van der Waals surface area contributed by atoms with Gasteiger partial charge >= 0.3 is 49.7 Å². The van der Waals surface area contributed by atoms with Crippen LogP contribution in [0.5, 0.6) is 0 Å². The molecule has 0 aliphatic rings. The van der Waals surface area contributed by atoms with Crippen LogP contribution in [0.25, 0.3) is 0 Å². The zero-order valence-corrected chi connectivity index (χ0v) is 9.01. The summed E-state index contributed by atoms with van der Waals surface area (Å²) in [6, 6.07) is -0.713. The molecule has 0 radical (unpaired) electrons. The summed E-state index contributed by atoms with van der Waals surface area (Å²) < 4.78 is 4.31. The first-order chi connectivity index (χ1) is 6.07. The van der Waals surface area contributed by atoms with Crippen molar-refractivity contribution in [2.45, 2.75) is 32.2 Å². The number of hydrogen-bond acceptors (Lipinski definition) is 5. The molecule has 0 heterocycles. The van der Waals surface area contributed by atoms with E-state index in [1.165, 1.54) is 6.92 Å². The van der Waals surface area contributed by atoms with Gasteiger partial charge in [-0.1, -0.05) is 6.42 Å². The monoisotopic (exact) mass is 266 g/mol. The molecule has 0 aromatic heterocycles. The Balaban J connectivity index is -0.000000720. The number of ether oxygens (including phenoxy) is 1. The van der Waals surface area contributed by atoms with Gasteiger partial charge in [0.2, 0.25) is 0 Å². The van der Waals surface area contributed by atoms with Gasteiger partial charge in [-0.3, -0.25) is 4.79 Å². The number of hydrogen-bond donors (Lipinski definition) is 2. The Labute approximate surface area is 126 Å². The van der Waals surface area contributed by atoms with Gasteiger partial charge in [-0.15, -0.1) is 12.4 Å². The maximum absolute atomic E-state index is 10.9. The fourth-order valence-corrected chi connectivity index (χ4v) is 0.844. The number of carbonyl (C=O) groups is 2. The third-order valence-corrected chi connectivity index (χ3v) is 1.52. The molecule has 15 heavy (non-hydrogen) atoms. The topological polar surface area (TPSA) is 95.4 Å². The molecule has 0 saturated heterocycles. The summed E-state index contributed by atoms with van der Waals surface area (Å²) >= 11 is 0. The van der Waals surface area contributed by atoms with Gasteiger partial charge in [0.25, 0.3) is 0 Å². The molecule has 0 bridgehead atoms. The summed E-state index contributed by atoms with van der Waals surface area (Å²) in [5.74, 6) is -1.29. The molecular formula is C8H19CaClN2O3. The van der Waals surface area contributed by atoms with Crippen LogP contribution < -0.4 is 11.5 Å². The van der Waals surface area contributed by atoms with Crippen LogP contribution in [0, 0.1) is 0 Å². The molecular weight excluding hydrogens is 248 g/mol. The van der Waals surface area contributed by atoms with Crippen LogP contribution in [-0.2, 0) is 14.3 Å². The van der Waals surface area contributed by atoms with E-state index in [-0.39, 0.29) is 50.1 Å². The predicted octanol–water partition coefficient (Wildman–Crippen LogP) is -0.962. The summed E-state index contributed by atoms with van der Waals surface area (Å²) in [6.45, 7) is 1.75. The van der Waals surface area contributed by atoms with Crippen molar-refractivity contribution >= 4 is 62.1 Å². The normalized spacial score (nSPS) is 10.6. The summed E-state index contributed by atoms with van der Waals surface area (Å²) in [4.78, 5) is 21.3. The van der Waals surface area contributed by atoms with Gasteiger partial charge in [0.15, 0.2) is 0 Å². The van der Waals surface area contributed by atoms with E-state index in [1.54, 1.807) is 0 Å². The first kappa shape index (κ1) is 21.0. The zero-order valence-electron chi connectivity index (χ0n) is 8.19. The number of esters is 2. The molecule has 0 aliphatic heterocycles. The Hall–Kier alpha value is 0.610. The molecule has 4 N–H and O–H groups in total. The third-order valence-electron chi connectivity index (χ3n) is 1.52. The van der Waals surface area contributed by atoms with E-state index in [4.69, 9.17) is 11.5 Å². The van der Waals surface area contributed by atoms with Crippen molar-refractivity contribution in [2.24, 2.45) is 11.5 Å². The molecule has 0 fully saturated rings. The van der Waals surface area contributed by atoms with Gasteiger partial charge in [0.1, 0.15) is 6.04 Å². The van der Waals surface area contributed by atoms with Gasteiger partial charge in [0, 0.05) is 6.92 Å². The van der Waals surface area contributed by atoms with E-state index in [9.17, 15) is 9.59 Å². The van der Waals surface area contributed by atoms with Crippen LogP contribution in [-0.4, -0.2) is 62.3 Å². The molecule has 1 atom stereocenters. The molecule has 0 aromatic carbocycles. The molecule has 7 heteroatoms.